The monoisotopic (exact) mass is 153 g/mol. The summed E-state index contributed by atoms with van der Waals surface area (Å²) in [7, 11) is 0. The fourth-order valence-electron chi connectivity index (χ4n) is 2.08. The lowest BCUT2D eigenvalue weighted by atomic mass is 10.0. The van der Waals surface area contributed by atoms with E-state index in [2.05, 4.69) is 4.99 Å². The van der Waals surface area contributed by atoms with Gasteiger partial charge in [0.15, 0.2) is 0 Å². The van der Waals surface area contributed by atoms with Crippen molar-refractivity contribution in [1.82, 2.24) is 0 Å². The number of nitrogens with zero attached hydrogens (tertiary/aromatic N) is 1. The van der Waals surface area contributed by atoms with Gasteiger partial charge < -0.3 is 4.74 Å². The minimum atomic E-state index is 0.662. The van der Waals surface area contributed by atoms with Crippen LogP contribution < -0.4 is 0 Å². The van der Waals surface area contributed by atoms with Gasteiger partial charge in [-0.2, -0.15) is 0 Å². The maximum absolute atomic E-state index is 5.34. The van der Waals surface area contributed by atoms with Crippen molar-refractivity contribution in [3.05, 3.63) is 0 Å². The predicted octanol–water partition coefficient (Wildman–Crippen LogP) is 1.65. The van der Waals surface area contributed by atoms with Crippen LogP contribution in [0.15, 0.2) is 4.99 Å². The molecule has 2 heteroatoms. The zero-order chi connectivity index (χ0) is 7.68. The Bertz CT molecular complexity index is 176. The molecule has 0 spiro atoms. The molecule has 0 aromatic rings. The summed E-state index contributed by atoms with van der Waals surface area (Å²) >= 11 is 0. The summed E-state index contributed by atoms with van der Waals surface area (Å²) in [5.74, 6) is 0.784. The van der Waals surface area contributed by atoms with Crippen molar-refractivity contribution in [2.45, 2.75) is 32.2 Å². The van der Waals surface area contributed by atoms with Gasteiger partial charge in [-0.05, 0) is 26.2 Å². The Morgan fingerprint density at radius 3 is 3.00 bits per heavy atom. The van der Waals surface area contributed by atoms with Crippen LogP contribution in [-0.4, -0.2) is 25.0 Å². The smallest absolute Gasteiger partial charge is 0.0847 e. The average Bonchev–Trinajstić information content (AvgIpc) is 2.60. The second kappa shape index (κ2) is 2.94. The van der Waals surface area contributed by atoms with Crippen LogP contribution in [0.1, 0.15) is 26.2 Å². The molecule has 0 aromatic heterocycles. The molecular formula is C9H15NO. The first-order valence-corrected chi connectivity index (χ1v) is 4.54. The van der Waals surface area contributed by atoms with Crippen molar-refractivity contribution < 1.29 is 4.74 Å². The molecule has 11 heavy (non-hydrogen) atoms. The zero-order valence-electron chi connectivity index (χ0n) is 7.05. The van der Waals surface area contributed by atoms with Gasteiger partial charge in [0.05, 0.1) is 12.6 Å². The van der Waals surface area contributed by atoms with Crippen LogP contribution in [0.2, 0.25) is 0 Å². The molecule has 0 aromatic carbocycles. The Hall–Kier alpha value is -0.370. The van der Waals surface area contributed by atoms with E-state index in [1.807, 2.05) is 6.92 Å². The van der Waals surface area contributed by atoms with E-state index in [4.69, 9.17) is 4.74 Å². The zero-order valence-corrected chi connectivity index (χ0v) is 7.05. The summed E-state index contributed by atoms with van der Waals surface area (Å²) in [6, 6.07) is 0.662. The molecule has 1 aliphatic heterocycles. The van der Waals surface area contributed by atoms with E-state index < -0.39 is 0 Å². The van der Waals surface area contributed by atoms with E-state index in [0.29, 0.717) is 6.04 Å². The van der Waals surface area contributed by atoms with E-state index in [0.717, 1.165) is 19.1 Å². The molecule has 62 valence electrons. The number of hydrogen-bond acceptors (Lipinski definition) is 2. The highest BCUT2D eigenvalue weighted by Crippen LogP contribution is 2.35. The molecule has 0 radical (unpaired) electrons. The minimum absolute atomic E-state index is 0.662. The van der Waals surface area contributed by atoms with Crippen molar-refractivity contribution >= 4 is 5.71 Å². The molecule has 2 unspecified atom stereocenters. The molecule has 2 nitrogen and oxygen atoms in total. The topological polar surface area (TPSA) is 21.6 Å². The molecule has 2 aliphatic rings. The average molecular weight is 153 g/mol. The molecule has 2 atom stereocenters. The summed E-state index contributed by atoms with van der Waals surface area (Å²) in [5, 5.41) is 0. The van der Waals surface area contributed by atoms with Crippen molar-refractivity contribution in [3.63, 3.8) is 0 Å². The van der Waals surface area contributed by atoms with Gasteiger partial charge in [-0.3, -0.25) is 4.99 Å². The summed E-state index contributed by atoms with van der Waals surface area (Å²) in [4.78, 5) is 4.59. The van der Waals surface area contributed by atoms with Crippen LogP contribution >= 0.6 is 0 Å². The Kier molecular flexibility index (Phi) is 1.95. The maximum atomic E-state index is 5.34. The van der Waals surface area contributed by atoms with Crippen molar-refractivity contribution in [2.75, 3.05) is 13.2 Å². The second-order valence-electron chi connectivity index (χ2n) is 3.42. The first kappa shape index (κ1) is 7.29. The Labute approximate surface area is 67.7 Å². The molecule has 0 saturated heterocycles. The first-order valence-electron chi connectivity index (χ1n) is 4.54. The normalized spacial score (nSPS) is 34.5. The highest BCUT2D eigenvalue weighted by Gasteiger charge is 2.33. The molecule has 1 saturated carbocycles. The van der Waals surface area contributed by atoms with E-state index in [1.165, 1.54) is 25.0 Å². The fraction of sp³-hybridized carbons (Fsp3) is 0.889. The fourth-order valence-corrected chi connectivity index (χ4v) is 2.08. The standard InChI is InChI=1S/C9H15NO/c1-2-11-6-9-7-3-4-8(5-7)10-9/h7-8H,2-6H2,1H3. The summed E-state index contributed by atoms with van der Waals surface area (Å²) in [6.07, 6.45) is 3.99. The predicted molar refractivity (Wildman–Crippen MR) is 45.1 cm³/mol. The molecule has 1 fully saturated rings. The highest BCUT2D eigenvalue weighted by molar-refractivity contribution is 5.90. The number of fused-ring (bicyclic) bond motifs is 2. The lowest BCUT2D eigenvalue weighted by Gasteiger charge is -2.10. The third-order valence-corrected chi connectivity index (χ3v) is 2.68. The minimum Gasteiger partial charge on any atom is -0.376 e. The van der Waals surface area contributed by atoms with Crippen molar-refractivity contribution in [3.8, 4) is 0 Å². The van der Waals surface area contributed by atoms with Gasteiger partial charge in [-0.25, -0.2) is 0 Å². The van der Waals surface area contributed by atoms with Gasteiger partial charge in [0.25, 0.3) is 0 Å². The quantitative estimate of drug-likeness (QED) is 0.604. The Balaban J connectivity index is 1.90. The molecule has 2 bridgehead atoms. The van der Waals surface area contributed by atoms with Crippen LogP contribution in [0, 0.1) is 5.92 Å². The van der Waals surface area contributed by atoms with Crippen LogP contribution in [0.5, 0.6) is 0 Å². The lowest BCUT2D eigenvalue weighted by Crippen LogP contribution is -2.16. The number of aliphatic imine (C=N–C) groups is 1. The van der Waals surface area contributed by atoms with Gasteiger partial charge in [0, 0.05) is 18.2 Å². The number of rotatable bonds is 3. The largest absolute Gasteiger partial charge is 0.376 e. The second-order valence-corrected chi connectivity index (χ2v) is 3.42. The van der Waals surface area contributed by atoms with Crippen molar-refractivity contribution in [1.29, 1.82) is 0 Å². The van der Waals surface area contributed by atoms with Gasteiger partial charge in [0.2, 0.25) is 0 Å². The van der Waals surface area contributed by atoms with Gasteiger partial charge >= 0.3 is 0 Å². The number of ether oxygens (including phenoxy) is 1. The lowest BCUT2D eigenvalue weighted by molar-refractivity contribution is 0.184. The summed E-state index contributed by atoms with van der Waals surface area (Å²) < 4.78 is 5.34. The van der Waals surface area contributed by atoms with E-state index in [1.54, 1.807) is 0 Å². The Morgan fingerprint density at radius 1 is 1.55 bits per heavy atom. The van der Waals surface area contributed by atoms with Crippen LogP contribution in [-0.2, 0) is 4.74 Å². The van der Waals surface area contributed by atoms with Crippen molar-refractivity contribution in [2.24, 2.45) is 10.9 Å². The highest BCUT2D eigenvalue weighted by atomic mass is 16.5. The van der Waals surface area contributed by atoms with Crippen LogP contribution in [0.25, 0.3) is 0 Å². The molecule has 1 heterocycles. The molecule has 2 rings (SSSR count). The van der Waals surface area contributed by atoms with Gasteiger partial charge in [0.1, 0.15) is 0 Å². The maximum Gasteiger partial charge on any atom is 0.0847 e. The summed E-state index contributed by atoms with van der Waals surface area (Å²) in [6.45, 7) is 3.64. The SMILES string of the molecule is CCOCC1=NC2CCC1C2. The van der Waals surface area contributed by atoms with Crippen LogP contribution in [0.3, 0.4) is 0 Å². The third-order valence-electron chi connectivity index (χ3n) is 2.68. The number of hydrogen-bond donors (Lipinski definition) is 0. The van der Waals surface area contributed by atoms with E-state index in [9.17, 15) is 0 Å². The molecule has 0 N–H and O–H groups in total. The molecule has 1 aliphatic carbocycles. The van der Waals surface area contributed by atoms with Crippen LogP contribution in [0.4, 0.5) is 0 Å². The molecule has 0 amide bonds. The van der Waals surface area contributed by atoms with Gasteiger partial charge in [-0.1, -0.05) is 0 Å². The summed E-state index contributed by atoms with van der Waals surface area (Å²) in [5.41, 5.74) is 1.34. The molecular weight excluding hydrogens is 138 g/mol. The van der Waals surface area contributed by atoms with E-state index in [-0.39, 0.29) is 0 Å². The first-order chi connectivity index (χ1) is 5.40. The third kappa shape index (κ3) is 1.32. The van der Waals surface area contributed by atoms with E-state index >= 15 is 0 Å². The Morgan fingerprint density at radius 2 is 2.45 bits per heavy atom. The van der Waals surface area contributed by atoms with Gasteiger partial charge in [-0.15, -0.1) is 0 Å².